The lowest BCUT2D eigenvalue weighted by Gasteiger charge is -2.49. The van der Waals surface area contributed by atoms with E-state index in [4.69, 9.17) is 6.42 Å². The lowest BCUT2D eigenvalue weighted by atomic mass is 9.56. The Balaban J connectivity index is 1.59. The molecule has 0 aromatic heterocycles. The van der Waals surface area contributed by atoms with Gasteiger partial charge in [-0.2, -0.15) is 0 Å². The summed E-state index contributed by atoms with van der Waals surface area (Å²) >= 11 is 0. The largest absolute Gasteiger partial charge is 0.392 e. The van der Waals surface area contributed by atoms with Crippen LogP contribution >= 0.6 is 0 Å². The van der Waals surface area contributed by atoms with E-state index in [1.165, 1.54) is 18.4 Å². The standard InChI is InChI=1S/C19H24O2/c1-2-11-10-18-16-5-3-12-9-13(20)4-6-14(12)15(16)7-8-17(18)19(11)21/h1,9,11,14-19,21H,3-8,10H2/t11?,14-,15+,16+,17-,18-,19?/m0/s1. The first-order chi connectivity index (χ1) is 10.2. The topological polar surface area (TPSA) is 37.3 Å². The third kappa shape index (κ3) is 2.01. The fraction of sp³-hybridized carbons (Fsp3) is 0.737. The zero-order chi connectivity index (χ0) is 14.6. The van der Waals surface area contributed by atoms with E-state index < -0.39 is 0 Å². The molecule has 3 saturated carbocycles. The summed E-state index contributed by atoms with van der Waals surface area (Å²) in [5, 5.41) is 10.4. The van der Waals surface area contributed by atoms with E-state index in [1.54, 1.807) is 0 Å². The number of fused-ring (bicyclic) bond motifs is 5. The number of aliphatic hydroxyl groups is 1. The number of hydrogen-bond acceptors (Lipinski definition) is 2. The van der Waals surface area contributed by atoms with Gasteiger partial charge in [-0.1, -0.05) is 5.57 Å². The van der Waals surface area contributed by atoms with Crippen molar-refractivity contribution in [2.24, 2.45) is 35.5 Å². The molecule has 112 valence electrons. The van der Waals surface area contributed by atoms with Gasteiger partial charge >= 0.3 is 0 Å². The van der Waals surface area contributed by atoms with Gasteiger partial charge in [-0.05, 0) is 74.2 Å². The van der Waals surface area contributed by atoms with Crippen molar-refractivity contribution in [2.45, 2.75) is 51.0 Å². The SMILES string of the molecule is C#CC1C[C@H]2[C@@H]3CCC4=CC(=O)CC[C@@H]4[C@H]3CC[C@@H]2C1O. The molecule has 0 radical (unpaired) electrons. The van der Waals surface area contributed by atoms with Gasteiger partial charge in [0.2, 0.25) is 0 Å². The van der Waals surface area contributed by atoms with Crippen molar-refractivity contribution < 1.29 is 9.90 Å². The van der Waals surface area contributed by atoms with Gasteiger partial charge in [0.25, 0.3) is 0 Å². The molecular formula is C19H24O2. The first-order valence-electron chi connectivity index (χ1n) is 8.56. The first kappa shape index (κ1) is 13.6. The van der Waals surface area contributed by atoms with Crippen LogP contribution in [0, 0.1) is 47.9 Å². The average Bonchev–Trinajstić information content (AvgIpc) is 2.83. The maximum Gasteiger partial charge on any atom is 0.155 e. The third-order valence-corrected chi connectivity index (χ3v) is 6.88. The van der Waals surface area contributed by atoms with Gasteiger partial charge in [-0.3, -0.25) is 4.79 Å². The number of hydrogen-bond donors (Lipinski definition) is 1. The van der Waals surface area contributed by atoms with Crippen molar-refractivity contribution >= 4 is 5.78 Å². The van der Waals surface area contributed by atoms with E-state index in [-0.39, 0.29) is 12.0 Å². The Hall–Kier alpha value is -1.07. The lowest BCUT2D eigenvalue weighted by molar-refractivity contribution is -0.115. The number of rotatable bonds is 0. The Bertz CT molecular complexity index is 526. The fourth-order valence-electron chi connectivity index (χ4n) is 6.00. The third-order valence-electron chi connectivity index (χ3n) is 6.88. The molecular weight excluding hydrogens is 260 g/mol. The quantitative estimate of drug-likeness (QED) is 0.694. The van der Waals surface area contributed by atoms with Crippen molar-refractivity contribution in [1.82, 2.24) is 0 Å². The highest BCUT2D eigenvalue weighted by atomic mass is 16.3. The maximum atomic E-state index is 11.7. The van der Waals surface area contributed by atoms with Gasteiger partial charge < -0.3 is 5.11 Å². The molecule has 1 N–H and O–H groups in total. The highest BCUT2D eigenvalue weighted by Crippen LogP contribution is 2.57. The van der Waals surface area contributed by atoms with Crippen LogP contribution in [0.15, 0.2) is 11.6 Å². The molecule has 4 aliphatic rings. The molecule has 0 heterocycles. The Morgan fingerprint density at radius 2 is 1.86 bits per heavy atom. The van der Waals surface area contributed by atoms with Gasteiger partial charge in [-0.15, -0.1) is 12.3 Å². The number of aliphatic hydroxyl groups excluding tert-OH is 1. The number of allylic oxidation sites excluding steroid dienone is 1. The van der Waals surface area contributed by atoms with Crippen molar-refractivity contribution in [3.8, 4) is 12.3 Å². The molecule has 2 nitrogen and oxygen atoms in total. The van der Waals surface area contributed by atoms with Crippen molar-refractivity contribution in [1.29, 1.82) is 0 Å². The van der Waals surface area contributed by atoms with Gasteiger partial charge in [0.15, 0.2) is 5.78 Å². The summed E-state index contributed by atoms with van der Waals surface area (Å²) in [7, 11) is 0. The number of ketones is 1. The Morgan fingerprint density at radius 3 is 2.67 bits per heavy atom. The predicted octanol–water partition coefficient (Wildman–Crippen LogP) is 2.96. The molecule has 0 bridgehead atoms. The minimum atomic E-state index is -0.272. The predicted molar refractivity (Wildman–Crippen MR) is 81.2 cm³/mol. The van der Waals surface area contributed by atoms with Crippen LogP contribution in [0.1, 0.15) is 44.9 Å². The minimum absolute atomic E-state index is 0.0728. The molecule has 4 rings (SSSR count). The molecule has 2 heteroatoms. The zero-order valence-electron chi connectivity index (χ0n) is 12.5. The van der Waals surface area contributed by atoms with Crippen LogP contribution in [0.5, 0.6) is 0 Å². The van der Waals surface area contributed by atoms with Gasteiger partial charge in [-0.25, -0.2) is 0 Å². The molecule has 0 spiro atoms. The highest BCUT2D eigenvalue weighted by Gasteiger charge is 2.52. The van der Waals surface area contributed by atoms with Gasteiger partial charge in [0, 0.05) is 12.3 Å². The van der Waals surface area contributed by atoms with Crippen LogP contribution in [-0.4, -0.2) is 17.0 Å². The van der Waals surface area contributed by atoms with Crippen LogP contribution in [0.3, 0.4) is 0 Å². The number of carbonyl (C=O) groups is 1. The Labute approximate surface area is 127 Å². The summed E-state index contributed by atoms with van der Waals surface area (Å²) in [6, 6.07) is 0. The molecule has 7 atom stereocenters. The Morgan fingerprint density at radius 1 is 1.05 bits per heavy atom. The van der Waals surface area contributed by atoms with E-state index in [2.05, 4.69) is 5.92 Å². The van der Waals surface area contributed by atoms with Crippen LogP contribution in [0.25, 0.3) is 0 Å². The molecule has 0 amide bonds. The molecule has 4 aliphatic carbocycles. The zero-order valence-corrected chi connectivity index (χ0v) is 12.5. The first-order valence-corrected chi connectivity index (χ1v) is 8.56. The summed E-state index contributed by atoms with van der Waals surface area (Å²) in [4.78, 5) is 11.7. The van der Waals surface area contributed by atoms with Gasteiger partial charge in [0.05, 0.1) is 6.10 Å². The number of carbonyl (C=O) groups excluding carboxylic acids is 1. The van der Waals surface area contributed by atoms with Crippen molar-refractivity contribution in [3.05, 3.63) is 11.6 Å². The second kappa shape index (κ2) is 4.99. The molecule has 0 aromatic carbocycles. The van der Waals surface area contributed by atoms with Crippen molar-refractivity contribution in [3.63, 3.8) is 0 Å². The molecule has 2 unspecified atom stereocenters. The normalized spacial score (nSPS) is 48.7. The smallest absolute Gasteiger partial charge is 0.155 e. The van der Waals surface area contributed by atoms with E-state index in [0.717, 1.165) is 43.9 Å². The summed E-state index contributed by atoms with van der Waals surface area (Å²) in [5.74, 6) is 6.39. The van der Waals surface area contributed by atoms with E-state index in [1.807, 2.05) is 6.08 Å². The molecule has 21 heavy (non-hydrogen) atoms. The van der Waals surface area contributed by atoms with E-state index >= 15 is 0 Å². The van der Waals surface area contributed by atoms with E-state index in [0.29, 0.717) is 23.5 Å². The number of terminal acetylenes is 1. The molecule has 0 aliphatic heterocycles. The Kier molecular flexibility index (Phi) is 3.23. The average molecular weight is 284 g/mol. The van der Waals surface area contributed by atoms with Gasteiger partial charge in [0.1, 0.15) is 0 Å². The molecule has 0 aromatic rings. The fourth-order valence-corrected chi connectivity index (χ4v) is 6.00. The van der Waals surface area contributed by atoms with E-state index in [9.17, 15) is 9.90 Å². The van der Waals surface area contributed by atoms with Crippen LogP contribution < -0.4 is 0 Å². The summed E-state index contributed by atoms with van der Waals surface area (Å²) in [5.41, 5.74) is 1.43. The minimum Gasteiger partial charge on any atom is -0.392 e. The van der Waals surface area contributed by atoms with Crippen LogP contribution in [-0.2, 0) is 4.79 Å². The van der Waals surface area contributed by atoms with Crippen LogP contribution in [0.4, 0.5) is 0 Å². The monoisotopic (exact) mass is 284 g/mol. The summed E-state index contributed by atoms with van der Waals surface area (Å²) in [6.45, 7) is 0. The highest BCUT2D eigenvalue weighted by molar-refractivity contribution is 5.91. The lowest BCUT2D eigenvalue weighted by Crippen LogP contribution is -2.42. The second-order valence-electron chi connectivity index (χ2n) is 7.60. The summed E-state index contributed by atoms with van der Waals surface area (Å²) < 4.78 is 0. The van der Waals surface area contributed by atoms with Crippen molar-refractivity contribution in [2.75, 3.05) is 0 Å². The maximum absolute atomic E-state index is 11.7. The molecule has 3 fully saturated rings. The van der Waals surface area contributed by atoms with Crippen LogP contribution in [0.2, 0.25) is 0 Å². The second-order valence-corrected chi connectivity index (χ2v) is 7.60. The summed E-state index contributed by atoms with van der Waals surface area (Å²) in [6.07, 6.45) is 14.7. The molecule has 0 saturated heterocycles.